The van der Waals surface area contributed by atoms with E-state index in [1.54, 1.807) is 19.2 Å². The maximum absolute atomic E-state index is 13.2. The fourth-order valence-corrected chi connectivity index (χ4v) is 1.64. The predicted octanol–water partition coefficient (Wildman–Crippen LogP) is 1.68. The molecular weight excluding hydrogens is 284 g/mol. The maximum Gasteiger partial charge on any atom is 0.128 e. The molecule has 0 fully saturated rings. The Labute approximate surface area is 90.3 Å². The van der Waals surface area contributed by atoms with E-state index in [4.69, 9.17) is 5.11 Å². The summed E-state index contributed by atoms with van der Waals surface area (Å²) in [6.07, 6.45) is 0. The zero-order chi connectivity index (χ0) is 9.84. The van der Waals surface area contributed by atoms with Gasteiger partial charge in [-0.05, 0) is 47.8 Å². The fraction of sp³-hybridized carbons (Fsp3) is 0.333. The third kappa shape index (κ3) is 2.62. The molecule has 0 aliphatic rings. The van der Waals surface area contributed by atoms with Crippen molar-refractivity contribution in [2.24, 2.45) is 0 Å². The SMILES string of the molecule is CN[C@@H](CO)c1cc(I)ccc1F. The highest BCUT2D eigenvalue weighted by atomic mass is 127. The molecule has 0 saturated carbocycles. The van der Waals surface area contributed by atoms with Crippen molar-refractivity contribution in [3.63, 3.8) is 0 Å². The maximum atomic E-state index is 13.2. The van der Waals surface area contributed by atoms with E-state index in [-0.39, 0.29) is 18.5 Å². The zero-order valence-corrected chi connectivity index (χ0v) is 9.38. The number of aliphatic hydroxyl groups excluding tert-OH is 1. The highest BCUT2D eigenvalue weighted by Gasteiger charge is 2.12. The van der Waals surface area contributed by atoms with E-state index in [1.165, 1.54) is 6.07 Å². The molecule has 1 atom stereocenters. The third-order valence-corrected chi connectivity index (χ3v) is 2.54. The molecule has 0 spiro atoms. The molecule has 0 unspecified atom stereocenters. The van der Waals surface area contributed by atoms with Gasteiger partial charge in [-0.2, -0.15) is 0 Å². The van der Waals surface area contributed by atoms with E-state index < -0.39 is 0 Å². The van der Waals surface area contributed by atoms with Crippen LogP contribution in [0.1, 0.15) is 11.6 Å². The van der Waals surface area contributed by atoms with Crippen LogP contribution in [0, 0.1) is 9.39 Å². The molecule has 0 aliphatic carbocycles. The van der Waals surface area contributed by atoms with Crippen molar-refractivity contribution in [2.45, 2.75) is 6.04 Å². The summed E-state index contributed by atoms with van der Waals surface area (Å²) >= 11 is 2.11. The summed E-state index contributed by atoms with van der Waals surface area (Å²) in [4.78, 5) is 0. The van der Waals surface area contributed by atoms with Gasteiger partial charge in [0, 0.05) is 9.13 Å². The lowest BCUT2D eigenvalue weighted by atomic mass is 10.1. The molecule has 2 N–H and O–H groups in total. The summed E-state index contributed by atoms with van der Waals surface area (Å²) in [5.74, 6) is -0.284. The molecule has 0 amide bonds. The molecule has 0 saturated heterocycles. The van der Waals surface area contributed by atoms with Gasteiger partial charge in [-0.3, -0.25) is 0 Å². The number of likely N-dealkylation sites (N-methyl/N-ethyl adjacent to an activating group) is 1. The largest absolute Gasteiger partial charge is 0.394 e. The molecule has 1 rings (SSSR count). The minimum absolute atomic E-state index is 0.104. The van der Waals surface area contributed by atoms with Gasteiger partial charge in [-0.15, -0.1) is 0 Å². The Balaban J connectivity index is 3.03. The highest BCUT2D eigenvalue weighted by Crippen LogP contribution is 2.19. The summed E-state index contributed by atoms with van der Waals surface area (Å²) in [5, 5.41) is 11.8. The molecule has 0 heterocycles. The minimum Gasteiger partial charge on any atom is -0.394 e. The minimum atomic E-state index is -0.324. The second-order valence-electron chi connectivity index (χ2n) is 2.69. The Morgan fingerprint density at radius 1 is 1.62 bits per heavy atom. The normalized spacial score (nSPS) is 12.9. The zero-order valence-electron chi connectivity index (χ0n) is 7.22. The quantitative estimate of drug-likeness (QED) is 0.832. The smallest absolute Gasteiger partial charge is 0.128 e. The number of hydrogen-bond acceptors (Lipinski definition) is 2. The van der Waals surface area contributed by atoms with Gasteiger partial charge in [0.15, 0.2) is 0 Å². The van der Waals surface area contributed by atoms with Crippen molar-refractivity contribution in [3.8, 4) is 0 Å². The first-order valence-electron chi connectivity index (χ1n) is 3.92. The van der Waals surface area contributed by atoms with Crippen LogP contribution in [0.25, 0.3) is 0 Å². The topological polar surface area (TPSA) is 32.3 Å². The Kier molecular flexibility index (Phi) is 4.08. The van der Waals surface area contributed by atoms with Crippen LogP contribution in [-0.2, 0) is 0 Å². The average Bonchev–Trinajstić information content (AvgIpc) is 2.13. The van der Waals surface area contributed by atoms with Gasteiger partial charge in [0.1, 0.15) is 5.82 Å². The summed E-state index contributed by atoms with van der Waals surface area (Å²) in [7, 11) is 1.69. The van der Waals surface area contributed by atoms with Crippen LogP contribution in [0.15, 0.2) is 18.2 Å². The number of halogens is 2. The van der Waals surface area contributed by atoms with Gasteiger partial charge < -0.3 is 10.4 Å². The Morgan fingerprint density at radius 3 is 2.85 bits per heavy atom. The van der Waals surface area contributed by atoms with Gasteiger partial charge in [0.25, 0.3) is 0 Å². The summed E-state index contributed by atoms with van der Waals surface area (Å²) in [6, 6.07) is 4.52. The molecule has 0 aliphatic heterocycles. The first-order valence-corrected chi connectivity index (χ1v) is 5.00. The summed E-state index contributed by atoms with van der Waals surface area (Å²) in [6.45, 7) is -0.104. The highest BCUT2D eigenvalue weighted by molar-refractivity contribution is 14.1. The van der Waals surface area contributed by atoms with Crippen molar-refractivity contribution < 1.29 is 9.50 Å². The van der Waals surface area contributed by atoms with E-state index in [2.05, 4.69) is 27.9 Å². The van der Waals surface area contributed by atoms with Gasteiger partial charge in [0.2, 0.25) is 0 Å². The van der Waals surface area contributed by atoms with Crippen LogP contribution in [-0.4, -0.2) is 18.8 Å². The Bertz CT molecular complexity index is 289. The standard InChI is InChI=1S/C9H11FINO/c1-12-9(5-13)7-4-6(11)2-3-8(7)10/h2-4,9,12-13H,5H2,1H3/t9-/m0/s1. The fourth-order valence-electron chi connectivity index (χ4n) is 1.13. The van der Waals surface area contributed by atoms with Crippen molar-refractivity contribution in [3.05, 3.63) is 33.1 Å². The van der Waals surface area contributed by atoms with Gasteiger partial charge in [0.05, 0.1) is 12.6 Å². The Hall–Kier alpha value is -0.200. The number of nitrogens with one attached hydrogen (secondary N) is 1. The number of benzene rings is 1. The molecule has 72 valence electrons. The molecule has 1 aromatic rings. The second kappa shape index (κ2) is 4.88. The monoisotopic (exact) mass is 295 g/mol. The van der Waals surface area contributed by atoms with Gasteiger partial charge >= 0.3 is 0 Å². The second-order valence-corrected chi connectivity index (χ2v) is 3.94. The van der Waals surface area contributed by atoms with Crippen molar-refractivity contribution in [1.82, 2.24) is 5.32 Å². The van der Waals surface area contributed by atoms with Crippen LogP contribution >= 0.6 is 22.6 Å². The van der Waals surface area contributed by atoms with Gasteiger partial charge in [-0.25, -0.2) is 4.39 Å². The van der Waals surface area contributed by atoms with Crippen LogP contribution in [0.5, 0.6) is 0 Å². The number of aliphatic hydroxyl groups is 1. The van der Waals surface area contributed by atoms with E-state index in [0.29, 0.717) is 5.56 Å². The van der Waals surface area contributed by atoms with E-state index in [9.17, 15) is 4.39 Å². The number of hydrogen-bond donors (Lipinski definition) is 2. The number of rotatable bonds is 3. The molecule has 2 nitrogen and oxygen atoms in total. The molecular formula is C9H11FINO. The first-order chi connectivity index (χ1) is 6.19. The van der Waals surface area contributed by atoms with E-state index in [1.807, 2.05) is 0 Å². The molecule has 0 radical (unpaired) electrons. The van der Waals surface area contributed by atoms with Crippen molar-refractivity contribution in [2.75, 3.05) is 13.7 Å². The summed E-state index contributed by atoms with van der Waals surface area (Å²) < 4.78 is 14.2. The molecule has 0 aromatic heterocycles. The molecule has 0 bridgehead atoms. The van der Waals surface area contributed by atoms with Crippen molar-refractivity contribution >= 4 is 22.6 Å². The average molecular weight is 295 g/mol. The molecule has 4 heteroatoms. The lowest BCUT2D eigenvalue weighted by molar-refractivity contribution is 0.248. The lowest BCUT2D eigenvalue weighted by Crippen LogP contribution is -2.21. The van der Waals surface area contributed by atoms with Crippen LogP contribution in [0.2, 0.25) is 0 Å². The van der Waals surface area contributed by atoms with Crippen LogP contribution in [0.4, 0.5) is 4.39 Å². The van der Waals surface area contributed by atoms with Crippen LogP contribution < -0.4 is 5.32 Å². The van der Waals surface area contributed by atoms with Crippen LogP contribution in [0.3, 0.4) is 0 Å². The van der Waals surface area contributed by atoms with E-state index >= 15 is 0 Å². The predicted molar refractivity (Wildman–Crippen MR) is 58.0 cm³/mol. The first kappa shape index (κ1) is 10.9. The third-order valence-electron chi connectivity index (χ3n) is 1.86. The van der Waals surface area contributed by atoms with E-state index in [0.717, 1.165) is 3.57 Å². The lowest BCUT2D eigenvalue weighted by Gasteiger charge is -2.14. The summed E-state index contributed by atoms with van der Waals surface area (Å²) in [5.41, 5.74) is 0.511. The molecule has 1 aromatic carbocycles. The Morgan fingerprint density at radius 2 is 2.31 bits per heavy atom. The molecule has 13 heavy (non-hydrogen) atoms. The van der Waals surface area contributed by atoms with Crippen molar-refractivity contribution in [1.29, 1.82) is 0 Å². The van der Waals surface area contributed by atoms with Gasteiger partial charge in [-0.1, -0.05) is 0 Å².